The van der Waals surface area contributed by atoms with Crippen LogP contribution in [0.5, 0.6) is 0 Å². The third-order valence-electron chi connectivity index (χ3n) is 5.95. The van der Waals surface area contributed by atoms with Crippen molar-refractivity contribution in [3.8, 4) is 0 Å². The summed E-state index contributed by atoms with van der Waals surface area (Å²) in [5.41, 5.74) is -1.34. The van der Waals surface area contributed by atoms with E-state index in [-0.39, 0.29) is 0 Å². The molecule has 0 unspecified atom stereocenters. The summed E-state index contributed by atoms with van der Waals surface area (Å²) in [5, 5.41) is 27.0. The van der Waals surface area contributed by atoms with Crippen LogP contribution in [0.1, 0.15) is 13.8 Å². The van der Waals surface area contributed by atoms with Crippen molar-refractivity contribution in [2.75, 3.05) is 26.4 Å². The first-order valence-corrected chi connectivity index (χ1v) is 7.02. The Hall–Kier alpha value is -0.320. The average molecular weight is 286 g/mol. The maximum atomic E-state index is 13.5. The molecule has 112 valence electrons. The Labute approximate surface area is 116 Å². The molecule has 0 aromatic rings. The molecule has 0 bridgehead atoms. The number of nitrogens with zero attached hydrogens (tertiary/aromatic N) is 2. The number of hydrogen-bond donors (Lipinski definition) is 0. The number of hydrogen-bond acceptors (Lipinski definition) is 6. The van der Waals surface area contributed by atoms with Crippen LogP contribution >= 0.6 is 0 Å². The molecule has 0 saturated carbocycles. The van der Waals surface area contributed by atoms with Crippen molar-refractivity contribution in [2.45, 2.75) is 49.8 Å². The molecule has 5 heterocycles. The minimum atomic E-state index is -0.815. The van der Waals surface area contributed by atoms with Crippen molar-refractivity contribution in [1.82, 2.24) is 0 Å². The lowest BCUT2D eigenvalue weighted by Gasteiger charge is -2.61. The zero-order valence-electron chi connectivity index (χ0n) is 11.5. The maximum absolute atomic E-state index is 13.5. The Kier molecular flexibility index (Phi) is 1.87. The predicted molar refractivity (Wildman–Crippen MR) is 63.0 cm³/mol. The monoisotopic (exact) mass is 286 g/mol. The van der Waals surface area contributed by atoms with Crippen LogP contribution in [0, 0.1) is 10.4 Å². The largest absolute Gasteiger partial charge is 0.628 e. The topological polar surface area (TPSA) is 83.0 Å². The van der Waals surface area contributed by atoms with Gasteiger partial charge in [-0.2, -0.15) is 0 Å². The number of quaternary nitrogens is 2. The van der Waals surface area contributed by atoms with Gasteiger partial charge in [-0.1, -0.05) is 0 Å². The standard InChI is InChI=1S/C12H18N2O6/c1-11-3-17-7-9-14(16)10(8(18-4-11)13(7,11)15)20-6-12(14,2)5-19-9/h7-10H,3-6H2,1-2H3/t7-,8-,9+,10+,11?,12?,13?,14?. The van der Waals surface area contributed by atoms with Gasteiger partial charge < -0.3 is 29.4 Å². The first kappa shape index (κ1) is 12.2. The number of piperazine rings is 1. The molecule has 0 aliphatic carbocycles. The molecule has 0 N–H and O–H groups in total. The molecule has 8 heteroatoms. The first-order valence-electron chi connectivity index (χ1n) is 7.02. The van der Waals surface area contributed by atoms with E-state index in [1.54, 1.807) is 0 Å². The predicted octanol–water partition coefficient (Wildman–Crippen LogP) is -0.428. The Bertz CT molecular complexity index is 426. The first-order chi connectivity index (χ1) is 9.37. The Morgan fingerprint density at radius 2 is 0.950 bits per heavy atom. The van der Waals surface area contributed by atoms with Gasteiger partial charge in [-0.3, -0.25) is 9.29 Å². The fourth-order valence-electron chi connectivity index (χ4n) is 4.59. The van der Waals surface area contributed by atoms with E-state index in [2.05, 4.69) is 0 Å². The summed E-state index contributed by atoms with van der Waals surface area (Å²) in [6.07, 6.45) is -3.26. The second kappa shape index (κ2) is 3.06. The molecule has 5 rings (SSSR count). The summed E-state index contributed by atoms with van der Waals surface area (Å²) >= 11 is 0. The van der Waals surface area contributed by atoms with Gasteiger partial charge in [0.2, 0.25) is 0 Å². The second-order valence-corrected chi connectivity index (χ2v) is 7.22. The lowest BCUT2D eigenvalue weighted by atomic mass is 9.99. The molecule has 5 fully saturated rings. The number of hydroxylamine groups is 6. The molecule has 5 saturated heterocycles. The Morgan fingerprint density at radius 1 is 0.700 bits per heavy atom. The van der Waals surface area contributed by atoms with Crippen molar-refractivity contribution in [2.24, 2.45) is 0 Å². The minimum Gasteiger partial charge on any atom is -0.628 e. The molecule has 4 atom stereocenters. The van der Waals surface area contributed by atoms with Crippen LogP contribution in [0.25, 0.3) is 0 Å². The van der Waals surface area contributed by atoms with E-state index in [9.17, 15) is 10.4 Å². The van der Waals surface area contributed by atoms with Gasteiger partial charge in [0.1, 0.15) is 37.5 Å². The van der Waals surface area contributed by atoms with Crippen molar-refractivity contribution in [3.05, 3.63) is 10.4 Å². The van der Waals surface area contributed by atoms with Crippen LogP contribution in [-0.2, 0) is 18.9 Å². The quantitative estimate of drug-likeness (QED) is 0.444. The van der Waals surface area contributed by atoms with Crippen molar-refractivity contribution >= 4 is 0 Å². The molecular weight excluding hydrogens is 268 g/mol. The van der Waals surface area contributed by atoms with Gasteiger partial charge in [0, 0.05) is 0 Å². The third kappa shape index (κ3) is 0.906. The summed E-state index contributed by atoms with van der Waals surface area (Å²) < 4.78 is 21.6. The van der Waals surface area contributed by atoms with Crippen molar-refractivity contribution in [3.63, 3.8) is 0 Å². The van der Waals surface area contributed by atoms with Gasteiger partial charge in [-0.25, -0.2) is 0 Å². The SMILES string of the molecule is CC12CO[C@@H]3[C@@H]4OCC5(C)CO[C@@H]([C@@H](OC1)[N+]32[O-])[N+]45[O-]. The fraction of sp³-hybridized carbons (Fsp3) is 1.00. The maximum Gasteiger partial charge on any atom is 0.277 e. The van der Waals surface area contributed by atoms with Gasteiger partial charge in [-0.15, -0.1) is 0 Å². The molecule has 20 heavy (non-hydrogen) atoms. The third-order valence-corrected chi connectivity index (χ3v) is 5.95. The van der Waals surface area contributed by atoms with E-state index in [1.807, 2.05) is 13.8 Å². The molecule has 0 amide bonds. The van der Waals surface area contributed by atoms with E-state index in [0.717, 1.165) is 0 Å². The number of fused-ring (bicyclic) bond motifs is 2. The minimum absolute atomic E-state index is 0.293. The fourth-order valence-corrected chi connectivity index (χ4v) is 4.59. The molecule has 0 radical (unpaired) electrons. The summed E-state index contributed by atoms with van der Waals surface area (Å²) in [6, 6.07) is 0. The Balaban J connectivity index is 1.72. The highest BCUT2D eigenvalue weighted by Crippen LogP contribution is 2.59. The van der Waals surface area contributed by atoms with E-state index in [4.69, 9.17) is 18.9 Å². The lowest BCUT2D eigenvalue weighted by Crippen LogP contribution is -2.80. The van der Waals surface area contributed by atoms with Crippen LogP contribution < -0.4 is 0 Å². The van der Waals surface area contributed by atoms with E-state index in [1.165, 1.54) is 0 Å². The van der Waals surface area contributed by atoms with Gasteiger partial charge in [0.05, 0.1) is 0 Å². The van der Waals surface area contributed by atoms with Crippen LogP contribution in [0.15, 0.2) is 0 Å². The molecule has 0 aromatic heterocycles. The van der Waals surface area contributed by atoms with Crippen LogP contribution in [-0.4, -0.2) is 71.7 Å². The average Bonchev–Trinajstić information content (AvgIpc) is 2.99. The zero-order valence-corrected chi connectivity index (χ0v) is 11.5. The highest BCUT2D eigenvalue weighted by molar-refractivity contribution is 5.00. The normalized spacial score (nSPS) is 70.2. The van der Waals surface area contributed by atoms with Gasteiger partial charge in [0.25, 0.3) is 24.9 Å². The number of ether oxygens (including phenoxy) is 4. The van der Waals surface area contributed by atoms with E-state index in [0.29, 0.717) is 26.4 Å². The highest BCUT2D eigenvalue weighted by atomic mass is 16.8. The van der Waals surface area contributed by atoms with Crippen LogP contribution in [0.3, 0.4) is 0 Å². The molecule has 8 nitrogen and oxygen atoms in total. The lowest BCUT2D eigenvalue weighted by molar-refractivity contribution is -1.09. The summed E-state index contributed by atoms with van der Waals surface area (Å²) in [4.78, 5) is 0. The highest BCUT2D eigenvalue weighted by Gasteiger charge is 2.81. The molecule has 5 aliphatic rings. The van der Waals surface area contributed by atoms with Gasteiger partial charge in [0.15, 0.2) is 0 Å². The molecular formula is C12H18N2O6. The van der Waals surface area contributed by atoms with Crippen molar-refractivity contribution < 1.29 is 28.2 Å². The van der Waals surface area contributed by atoms with Crippen LogP contribution in [0.4, 0.5) is 0 Å². The second-order valence-electron chi connectivity index (χ2n) is 7.22. The molecule has 0 spiro atoms. The van der Waals surface area contributed by atoms with E-state index < -0.39 is 45.3 Å². The Morgan fingerprint density at radius 3 is 1.20 bits per heavy atom. The smallest absolute Gasteiger partial charge is 0.277 e. The molecule has 5 aliphatic heterocycles. The van der Waals surface area contributed by atoms with Crippen LogP contribution in [0.2, 0.25) is 0 Å². The summed E-state index contributed by atoms with van der Waals surface area (Å²) in [7, 11) is 0. The van der Waals surface area contributed by atoms with Gasteiger partial charge in [-0.05, 0) is 13.8 Å². The van der Waals surface area contributed by atoms with Crippen molar-refractivity contribution in [1.29, 1.82) is 0 Å². The zero-order chi connectivity index (χ0) is 14.0. The van der Waals surface area contributed by atoms with Gasteiger partial charge >= 0.3 is 0 Å². The summed E-state index contributed by atoms with van der Waals surface area (Å²) in [5.74, 6) is 0. The molecule has 0 aromatic carbocycles. The number of rotatable bonds is 0. The summed E-state index contributed by atoms with van der Waals surface area (Å²) in [6.45, 7) is 4.88. The van der Waals surface area contributed by atoms with E-state index >= 15 is 0 Å².